The lowest BCUT2D eigenvalue weighted by molar-refractivity contribution is 0.512. The Morgan fingerprint density at radius 1 is 1.33 bits per heavy atom. The van der Waals surface area contributed by atoms with E-state index >= 15 is 0 Å². The average molecular weight is 248 g/mol. The third-order valence-electron chi connectivity index (χ3n) is 3.20. The standard InChI is InChI=1S/C11H12Cl2FN/c1-6(15)11(4-5-11)9-7(12)2-3-8(13)10(9)14/h2-3,6H,4-5,15H2,1H3. The van der Waals surface area contributed by atoms with Crippen LogP contribution in [-0.4, -0.2) is 6.04 Å². The van der Waals surface area contributed by atoms with E-state index in [0.29, 0.717) is 10.6 Å². The van der Waals surface area contributed by atoms with E-state index in [0.717, 1.165) is 12.8 Å². The zero-order chi connectivity index (χ0) is 11.2. The molecule has 0 aromatic heterocycles. The first-order valence-corrected chi connectivity index (χ1v) is 5.64. The first kappa shape index (κ1) is 11.2. The van der Waals surface area contributed by atoms with Crippen LogP contribution >= 0.6 is 23.2 Å². The van der Waals surface area contributed by atoms with Crippen LogP contribution in [0.25, 0.3) is 0 Å². The fourth-order valence-electron chi connectivity index (χ4n) is 2.05. The van der Waals surface area contributed by atoms with Crippen molar-refractivity contribution in [3.63, 3.8) is 0 Å². The molecule has 1 unspecified atom stereocenters. The Kier molecular flexibility index (Phi) is 2.70. The van der Waals surface area contributed by atoms with E-state index in [1.54, 1.807) is 6.07 Å². The van der Waals surface area contributed by atoms with Crippen LogP contribution in [0.5, 0.6) is 0 Å². The monoisotopic (exact) mass is 247 g/mol. The average Bonchev–Trinajstić information content (AvgIpc) is 2.93. The van der Waals surface area contributed by atoms with Gasteiger partial charge in [-0.25, -0.2) is 4.39 Å². The minimum absolute atomic E-state index is 0.108. The number of halogens is 3. The summed E-state index contributed by atoms with van der Waals surface area (Å²) >= 11 is 11.8. The van der Waals surface area contributed by atoms with Crippen LogP contribution in [0.4, 0.5) is 4.39 Å². The first-order valence-electron chi connectivity index (χ1n) is 4.88. The smallest absolute Gasteiger partial charge is 0.147 e. The van der Waals surface area contributed by atoms with E-state index in [4.69, 9.17) is 28.9 Å². The molecule has 1 nitrogen and oxygen atoms in total. The normalized spacial score (nSPS) is 20.1. The molecule has 1 aliphatic carbocycles. The van der Waals surface area contributed by atoms with Crippen LogP contribution in [0.2, 0.25) is 10.0 Å². The van der Waals surface area contributed by atoms with E-state index < -0.39 is 5.82 Å². The van der Waals surface area contributed by atoms with Crippen molar-refractivity contribution in [2.24, 2.45) is 5.73 Å². The summed E-state index contributed by atoms with van der Waals surface area (Å²) in [4.78, 5) is 0. The molecule has 0 radical (unpaired) electrons. The van der Waals surface area contributed by atoms with Gasteiger partial charge >= 0.3 is 0 Å². The van der Waals surface area contributed by atoms with Gasteiger partial charge in [-0.05, 0) is 31.9 Å². The largest absolute Gasteiger partial charge is 0.327 e. The van der Waals surface area contributed by atoms with Crippen molar-refractivity contribution in [3.05, 3.63) is 33.6 Å². The second-order valence-corrected chi connectivity index (χ2v) is 4.98. The predicted octanol–water partition coefficient (Wildman–Crippen LogP) is 3.51. The molecule has 0 aliphatic heterocycles. The fourth-order valence-corrected chi connectivity index (χ4v) is 2.54. The highest BCUT2D eigenvalue weighted by Crippen LogP contribution is 2.53. The highest BCUT2D eigenvalue weighted by atomic mass is 35.5. The van der Waals surface area contributed by atoms with E-state index in [2.05, 4.69) is 0 Å². The highest BCUT2D eigenvalue weighted by molar-refractivity contribution is 6.33. The molecular weight excluding hydrogens is 236 g/mol. The van der Waals surface area contributed by atoms with Gasteiger partial charge in [0, 0.05) is 22.0 Å². The van der Waals surface area contributed by atoms with E-state index in [9.17, 15) is 4.39 Å². The summed E-state index contributed by atoms with van der Waals surface area (Å²) in [6.45, 7) is 1.88. The third kappa shape index (κ3) is 1.65. The Morgan fingerprint density at radius 2 is 1.87 bits per heavy atom. The Balaban J connectivity index is 2.57. The number of hydrogen-bond acceptors (Lipinski definition) is 1. The lowest BCUT2D eigenvalue weighted by atomic mass is 9.89. The van der Waals surface area contributed by atoms with Gasteiger partial charge in [-0.15, -0.1) is 0 Å². The van der Waals surface area contributed by atoms with Crippen LogP contribution in [0.1, 0.15) is 25.3 Å². The molecular formula is C11H12Cl2FN. The first-order chi connectivity index (χ1) is 6.99. The molecule has 0 spiro atoms. The topological polar surface area (TPSA) is 26.0 Å². The summed E-state index contributed by atoms with van der Waals surface area (Å²) in [6.07, 6.45) is 1.75. The quantitative estimate of drug-likeness (QED) is 0.796. The minimum Gasteiger partial charge on any atom is -0.327 e. The van der Waals surface area contributed by atoms with Crippen LogP contribution in [-0.2, 0) is 5.41 Å². The molecule has 1 atom stereocenters. The second-order valence-electron chi connectivity index (χ2n) is 4.16. The van der Waals surface area contributed by atoms with Gasteiger partial charge in [0.1, 0.15) is 5.82 Å². The summed E-state index contributed by atoms with van der Waals surface area (Å²) < 4.78 is 13.9. The van der Waals surface area contributed by atoms with E-state index in [-0.39, 0.29) is 16.5 Å². The van der Waals surface area contributed by atoms with Gasteiger partial charge in [-0.3, -0.25) is 0 Å². The zero-order valence-corrected chi connectivity index (χ0v) is 9.87. The van der Waals surface area contributed by atoms with Gasteiger partial charge in [0.25, 0.3) is 0 Å². The van der Waals surface area contributed by atoms with Gasteiger partial charge in [0.05, 0.1) is 5.02 Å². The van der Waals surface area contributed by atoms with Crippen molar-refractivity contribution in [1.82, 2.24) is 0 Å². The van der Waals surface area contributed by atoms with Gasteiger partial charge < -0.3 is 5.73 Å². The summed E-state index contributed by atoms with van der Waals surface area (Å²) in [7, 11) is 0. The summed E-state index contributed by atoms with van der Waals surface area (Å²) in [5.41, 5.74) is 6.08. The molecule has 82 valence electrons. The molecule has 0 heterocycles. The van der Waals surface area contributed by atoms with Crippen molar-refractivity contribution < 1.29 is 4.39 Å². The molecule has 1 aliphatic rings. The van der Waals surface area contributed by atoms with Crippen molar-refractivity contribution in [2.45, 2.75) is 31.2 Å². The summed E-state index contributed by atoms with van der Waals surface area (Å²) in [6, 6.07) is 2.99. The van der Waals surface area contributed by atoms with Crippen LogP contribution in [0, 0.1) is 5.82 Å². The molecule has 1 saturated carbocycles. The number of nitrogens with two attached hydrogens (primary N) is 1. The van der Waals surface area contributed by atoms with Gasteiger partial charge in [-0.1, -0.05) is 23.2 Å². The van der Waals surface area contributed by atoms with Crippen LogP contribution in [0.3, 0.4) is 0 Å². The molecule has 0 saturated heterocycles. The molecule has 2 N–H and O–H groups in total. The maximum Gasteiger partial charge on any atom is 0.147 e. The van der Waals surface area contributed by atoms with Crippen molar-refractivity contribution in [1.29, 1.82) is 0 Å². The highest BCUT2D eigenvalue weighted by Gasteiger charge is 2.50. The zero-order valence-electron chi connectivity index (χ0n) is 8.36. The third-order valence-corrected chi connectivity index (χ3v) is 3.81. The molecule has 0 amide bonds. The molecule has 0 bridgehead atoms. The van der Waals surface area contributed by atoms with Crippen molar-refractivity contribution >= 4 is 23.2 Å². The summed E-state index contributed by atoms with van der Waals surface area (Å²) in [5.74, 6) is -0.418. The number of benzene rings is 1. The Morgan fingerprint density at radius 3 is 2.33 bits per heavy atom. The molecule has 1 aromatic rings. The molecule has 2 rings (SSSR count). The van der Waals surface area contributed by atoms with Gasteiger partial charge in [0.2, 0.25) is 0 Å². The maximum absolute atomic E-state index is 13.9. The van der Waals surface area contributed by atoms with Crippen molar-refractivity contribution in [2.75, 3.05) is 0 Å². The lowest BCUT2D eigenvalue weighted by Crippen LogP contribution is -2.32. The fraction of sp³-hybridized carbons (Fsp3) is 0.455. The van der Waals surface area contributed by atoms with Crippen LogP contribution in [0.15, 0.2) is 12.1 Å². The Bertz CT molecular complexity index is 400. The SMILES string of the molecule is CC(N)C1(c2c(Cl)ccc(Cl)c2F)CC1. The number of hydrogen-bond donors (Lipinski definition) is 1. The Labute approximate surface area is 98.4 Å². The predicted molar refractivity (Wildman–Crippen MR) is 61.0 cm³/mol. The van der Waals surface area contributed by atoms with Gasteiger partial charge in [-0.2, -0.15) is 0 Å². The van der Waals surface area contributed by atoms with E-state index in [1.807, 2.05) is 6.92 Å². The maximum atomic E-state index is 13.9. The molecule has 15 heavy (non-hydrogen) atoms. The minimum atomic E-state index is -0.418. The Hall–Kier alpha value is -0.310. The van der Waals surface area contributed by atoms with Crippen LogP contribution < -0.4 is 5.73 Å². The van der Waals surface area contributed by atoms with E-state index in [1.165, 1.54) is 6.07 Å². The lowest BCUT2D eigenvalue weighted by Gasteiger charge is -2.22. The summed E-state index contributed by atoms with van der Waals surface area (Å²) in [5, 5.41) is 0.535. The molecule has 4 heteroatoms. The molecule has 1 fully saturated rings. The second kappa shape index (κ2) is 3.62. The number of rotatable bonds is 2. The molecule has 1 aromatic carbocycles. The van der Waals surface area contributed by atoms with Gasteiger partial charge in [0.15, 0.2) is 0 Å². The van der Waals surface area contributed by atoms with Crippen molar-refractivity contribution in [3.8, 4) is 0 Å².